The Morgan fingerprint density at radius 2 is 2.18 bits per heavy atom. The van der Waals surface area contributed by atoms with E-state index in [-0.39, 0.29) is 24.7 Å². The van der Waals surface area contributed by atoms with Crippen molar-refractivity contribution in [1.82, 2.24) is 0 Å². The van der Waals surface area contributed by atoms with Gasteiger partial charge in [0.15, 0.2) is 0 Å². The minimum absolute atomic E-state index is 0.0506. The van der Waals surface area contributed by atoms with E-state index in [1.807, 2.05) is 0 Å². The molecule has 4 nitrogen and oxygen atoms in total. The minimum atomic E-state index is -0.452. The Kier molecular flexibility index (Phi) is 3.08. The van der Waals surface area contributed by atoms with E-state index in [0.717, 1.165) is 5.56 Å². The van der Waals surface area contributed by atoms with Gasteiger partial charge in [0.1, 0.15) is 5.82 Å². The van der Waals surface area contributed by atoms with Crippen LogP contribution >= 0.6 is 0 Å². The summed E-state index contributed by atoms with van der Waals surface area (Å²) in [6.45, 7) is 0.257. The van der Waals surface area contributed by atoms with E-state index < -0.39 is 5.91 Å². The standard InChI is InChI=1S/C12H13FN2O2/c13-9-2-3-10-8(7-9)1-4-12(17)15(10)6-5-11(14)16/h2-3,7H,1,4-6H2,(H2,14,16). The highest BCUT2D eigenvalue weighted by atomic mass is 19.1. The topological polar surface area (TPSA) is 63.4 Å². The van der Waals surface area contributed by atoms with Crippen molar-refractivity contribution in [3.63, 3.8) is 0 Å². The van der Waals surface area contributed by atoms with Crippen molar-refractivity contribution in [1.29, 1.82) is 0 Å². The zero-order chi connectivity index (χ0) is 12.4. The van der Waals surface area contributed by atoms with Gasteiger partial charge in [-0.25, -0.2) is 4.39 Å². The third-order valence-corrected chi connectivity index (χ3v) is 2.82. The monoisotopic (exact) mass is 236 g/mol. The molecule has 2 rings (SSSR count). The molecular formula is C12H13FN2O2. The molecular weight excluding hydrogens is 223 g/mol. The Bertz CT molecular complexity index is 474. The number of primary amides is 1. The first-order chi connectivity index (χ1) is 8.08. The number of rotatable bonds is 3. The zero-order valence-electron chi connectivity index (χ0n) is 9.28. The first-order valence-electron chi connectivity index (χ1n) is 5.45. The van der Waals surface area contributed by atoms with E-state index in [2.05, 4.69) is 0 Å². The summed E-state index contributed by atoms with van der Waals surface area (Å²) in [5, 5.41) is 0. The van der Waals surface area contributed by atoms with Gasteiger partial charge in [0.2, 0.25) is 11.8 Å². The number of hydrogen-bond donors (Lipinski definition) is 1. The van der Waals surface area contributed by atoms with Crippen LogP contribution in [0, 0.1) is 5.82 Å². The molecule has 0 radical (unpaired) electrons. The number of aryl methyl sites for hydroxylation is 1. The van der Waals surface area contributed by atoms with E-state index >= 15 is 0 Å². The summed E-state index contributed by atoms with van der Waals surface area (Å²) in [6, 6.07) is 4.32. The number of benzene rings is 1. The van der Waals surface area contributed by atoms with Crippen molar-refractivity contribution in [2.45, 2.75) is 19.3 Å². The lowest BCUT2D eigenvalue weighted by Gasteiger charge is -2.29. The molecule has 5 heteroatoms. The molecule has 0 saturated carbocycles. The van der Waals surface area contributed by atoms with Crippen LogP contribution in [0.15, 0.2) is 18.2 Å². The predicted molar refractivity (Wildman–Crippen MR) is 60.9 cm³/mol. The van der Waals surface area contributed by atoms with Gasteiger partial charge in [0.05, 0.1) is 0 Å². The fourth-order valence-corrected chi connectivity index (χ4v) is 2.00. The summed E-state index contributed by atoms with van der Waals surface area (Å²) in [5.74, 6) is -0.814. The summed E-state index contributed by atoms with van der Waals surface area (Å²) >= 11 is 0. The highest BCUT2D eigenvalue weighted by Gasteiger charge is 2.24. The van der Waals surface area contributed by atoms with Gasteiger partial charge in [-0.3, -0.25) is 9.59 Å². The summed E-state index contributed by atoms with van der Waals surface area (Å²) in [5.41, 5.74) is 6.55. The molecule has 0 spiro atoms. The number of carbonyl (C=O) groups excluding carboxylic acids is 2. The van der Waals surface area contributed by atoms with Crippen LogP contribution < -0.4 is 10.6 Å². The molecule has 1 heterocycles. The zero-order valence-corrected chi connectivity index (χ0v) is 9.28. The van der Waals surface area contributed by atoms with Gasteiger partial charge >= 0.3 is 0 Å². The maximum absolute atomic E-state index is 13.1. The van der Waals surface area contributed by atoms with Gasteiger partial charge in [-0.05, 0) is 30.2 Å². The van der Waals surface area contributed by atoms with Crippen LogP contribution in [0.5, 0.6) is 0 Å². The van der Waals surface area contributed by atoms with E-state index in [0.29, 0.717) is 18.5 Å². The van der Waals surface area contributed by atoms with Crippen LogP contribution in [0.25, 0.3) is 0 Å². The summed E-state index contributed by atoms with van der Waals surface area (Å²) in [6.07, 6.45) is 0.997. The largest absolute Gasteiger partial charge is 0.370 e. The number of amides is 2. The maximum Gasteiger partial charge on any atom is 0.227 e. The molecule has 1 aliphatic heterocycles. The molecule has 1 aliphatic rings. The number of halogens is 1. The Labute approximate surface area is 98.2 Å². The van der Waals surface area contributed by atoms with Crippen LogP contribution in [0.3, 0.4) is 0 Å². The number of fused-ring (bicyclic) bond motifs is 1. The van der Waals surface area contributed by atoms with E-state index in [9.17, 15) is 14.0 Å². The average molecular weight is 236 g/mol. The summed E-state index contributed by atoms with van der Waals surface area (Å²) in [7, 11) is 0. The third-order valence-electron chi connectivity index (χ3n) is 2.82. The first-order valence-corrected chi connectivity index (χ1v) is 5.45. The molecule has 1 aromatic rings. The van der Waals surface area contributed by atoms with Crippen molar-refractivity contribution in [3.8, 4) is 0 Å². The van der Waals surface area contributed by atoms with Gasteiger partial charge < -0.3 is 10.6 Å². The van der Waals surface area contributed by atoms with Crippen LogP contribution in [-0.2, 0) is 16.0 Å². The molecule has 0 fully saturated rings. The Hall–Kier alpha value is -1.91. The Balaban J connectivity index is 2.27. The fourth-order valence-electron chi connectivity index (χ4n) is 2.00. The molecule has 0 unspecified atom stereocenters. The summed E-state index contributed by atoms with van der Waals surface area (Å²) in [4.78, 5) is 24.0. The number of carbonyl (C=O) groups is 2. The van der Waals surface area contributed by atoms with Crippen LogP contribution in [-0.4, -0.2) is 18.4 Å². The molecule has 0 aromatic heterocycles. The second-order valence-electron chi connectivity index (χ2n) is 4.03. The number of nitrogens with zero attached hydrogens (tertiary/aromatic N) is 1. The van der Waals surface area contributed by atoms with Gasteiger partial charge in [0, 0.05) is 25.1 Å². The number of hydrogen-bond acceptors (Lipinski definition) is 2. The molecule has 0 aliphatic carbocycles. The smallest absolute Gasteiger partial charge is 0.227 e. The van der Waals surface area contributed by atoms with Gasteiger partial charge in [-0.15, -0.1) is 0 Å². The van der Waals surface area contributed by atoms with Crippen molar-refractivity contribution in [2.24, 2.45) is 5.73 Å². The highest BCUT2D eigenvalue weighted by Crippen LogP contribution is 2.28. The molecule has 1 aromatic carbocycles. The Morgan fingerprint density at radius 1 is 1.41 bits per heavy atom. The van der Waals surface area contributed by atoms with Crippen LogP contribution in [0.1, 0.15) is 18.4 Å². The lowest BCUT2D eigenvalue weighted by molar-refractivity contribution is -0.119. The average Bonchev–Trinajstić information content (AvgIpc) is 2.27. The van der Waals surface area contributed by atoms with Crippen molar-refractivity contribution >= 4 is 17.5 Å². The molecule has 17 heavy (non-hydrogen) atoms. The van der Waals surface area contributed by atoms with Gasteiger partial charge in [-0.1, -0.05) is 0 Å². The van der Waals surface area contributed by atoms with Gasteiger partial charge in [0.25, 0.3) is 0 Å². The molecule has 90 valence electrons. The second kappa shape index (κ2) is 4.53. The normalized spacial score (nSPS) is 14.6. The van der Waals surface area contributed by atoms with Crippen LogP contribution in [0.4, 0.5) is 10.1 Å². The van der Waals surface area contributed by atoms with Crippen molar-refractivity contribution in [3.05, 3.63) is 29.6 Å². The second-order valence-corrected chi connectivity index (χ2v) is 4.03. The predicted octanol–water partition coefficient (Wildman–Crippen LogP) is 0.980. The van der Waals surface area contributed by atoms with Crippen molar-refractivity contribution in [2.75, 3.05) is 11.4 Å². The first kappa shape index (κ1) is 11.6. The number of nitrogens with two attached hydrogens (primary N) is 1. The molecule has 0 bridgehead atoms. The number of anilines is 1. The molecule has 0 saturated heterocycles. The lowest BCUT2D eigenvalue weighted by Crippen LogP contribution is -2.37. The van der Waals surface area contributed by atoms with Crippen LogP contribution in [0.2, 0.25) is 0 Å². The lowest BCUT2D eigenvalue weighted by atomic mass is 10.0. The Morgan fingerprint density at radius 3 is 2.88 bits per heavy atom. The maximum atomic E-state index is 13.1. The highest BCUT2D eigenvalue weighted by molar-refractivity contribution is 5.96. The molecule has 2 amide bonds. The van der Waals surface area contributed by atoms with Gasteiger partial charge in [-0.2, -0.15) is 0 Å². The quantitative estimate of drug-likeness (QED) is 0.850. The van der Waals surface area contributed by atoms with E-state index in [1.165, 1.54) is 17.0 Å². The SMILES string of the molecule is NC(=O)CCN1C(=O)CCc2cc(F)ccc21. The molecule has 2 N–H and O–H groups in total. The van der Waals surface area contributed by atoms with E-state index in [4.69, 9.17) is 5.73 Å². The summed E-state index contributed by atoms with van der Waals surface area (Å²) < 4.78 is 13.1. The molecule has 0 atom stereocenters. The van der Waals surface area contributed by atoms with E-state index in [1.54, 1.807) is 6.07 Å². The van der Waals surface area contributed by atoms with Crippen molar-refractivity contribution < 1.29 is 14.0 Å². The minimum Gasteiger partial charge on any atom is -0.370 e. The fraction of sp³-hybridized carbons (Fsp3) is 0.333. The third kappa shape index (κ3) is 2.43.